The monoisotopic (exact) mass is 388 g/mol. The van der Waals surface area contributed by atoms with Gasteiger partial charge in [0.1, 0.15) is 5.75 Å². The SMILES string of the molecule is CN=C(NCc1cccc(OCC(=O)NC2CC2)c1)NC(C)CCC(C)(C)C. The van der Waals surface area contributed by atoms with Gasteiger partial charge in [-0.15, -0.1) is 0 Å². The molecule has 0 bridgehead atoms. The summed E-state index contributed by atoms with van der Waals surface area (Å²) in [6.45, 7) is 9.66. The lowest BCUT2D eigenvalue weighted by Gasteiger charge is -2.23. The molecule has 0 spiro atoms. The van der Waals surface area contributed by atoms with Crippen LogP contribution in [0.5, 0.6) is 5.75 Å². The highest BCUT2D eigenvalue weighted by Crippen LogP contribution is 2.21. The van der Waals surface area contributed by atoms with E-state index in [-0.39, 0.29) is 12.5 Å². The van der Waals surface area contributed by atoms with E-state index in [2.05, 4.69) is 48.6 Å². The number of amides is 1. The third-order valence-corrected chi connectivity index (χ3v) is 4.60. The van der Waals surface area contributed by atoms with Gasteiger partial charge in [-0.2, -0.15) is 0 Å². The molecule has 1 aliphatic rings. The number of nitrogens with one attached hydrogen (secondary N) is 3. The van der Waals surface area contributed by atoms with Crippen LogP contribution in [0.2, 0.25) is 0 Å². The van der Waals surface area contributed by atoms with Gasteiger partial charge in [0.2, 0.25) is 0 Å². The molecule has 1 saturated carbocycles. The van der Waals surface area contributed by atoms with Crippen molar-refractivity contribution in [2.45, 2.75) is 72.0 Å². The number of aliphatic imine (C=N–C) groups is 1. The Bertz CT molecular complexity index is 663. The van der Waals surface area contributed by atoms with Gasteiger partial charge in [0.25, 0.3) is 5.91 Å². The highest BCUT2D eigenvalue weighted by Gasteiger charge is 2.23. The first-order chi connectivity index (χ1) is 13.2. The highest BCUT2D eigenvalue weighted by atomic mass is 16.5. The molecular formula is C22H36N4O2. The Morgan fingerprint density at radius 2 is 2.07 bits per heavy atom. The number of ether oxygens (including phenoxy) is 1. The van der Waals surface area contributed by atoms with E-state index < -0.39 is 0 Å². The third kappa shape index (κ3) is 9.11. The van der Waals surface area contributed by atoms with Crippen LogP contribution in [0, 0.1) is 5.41 Å². The molecule has 2 rings (SSSR count). The summed E-state index contributed by atoms with van der Waals surface area (Å²) in [6, 6.07) is 8.50. The fraction of sp³-hybridized carbons (Fsp3) is 0.636. The third-order valence-electron chi connectivity index (χ3n) is 4.60. The van der Waals surface area contributed by atoms with Crippen molar-refractivity contribution in [2.75, 3.05) is 13.7 Å². The molecule has 1 aliphatic carbocycles. The summed E-state index contributed by atoms with van der Waals surface area (Å²) in [6.07, 6.45) is 4.41. The maximum Gasteiger partial charge on any atom is 0.258 e. The minimum absolute atomic E-state index is 0.0557. The Balaban J connectivity index is 1.76. The molecule has 0 saturated heterocycles. The Morgan fingerprint density at radius 1 is 1.32 bits per heavy atom. The average Bonchev–Trinajstić information content (AvgIpc) is 3.45. The maximum atomic E-state index is 11.8. The molecule has 156 valence electrons. The summed E-state index contributed by atoms with van der Waals surface area (Å²) in [5, 5.41) is 9.71. The van der Waals surface area contributed by atoms with E-state index in [4.69, 9.17) is 4.74 Å². The van der Waals surface area contributed by atoms with E-state index in [9.17, 15) is 4.79 Å². The van der Waals surface area contributed by atoms with Crippen molar-refractivity contribution in [3.05, 3.63) is 29.8 Å². The Labute approximate surface area is 169 Å². The van der Waals surface area contributed by atoms with Crippen LogP contribution in [-0.2, 0) is 11.3 Å². The second-order valence-corrected chi connectivity index (χ2v) is 8.85. The lowest BCUT2D eigenvalue weighted by Crippen LogP contribution is -2.42. The first kappa shape index (κ1) is 22.1. The van der Waals surface area contributed by atoms with Crippen LogP contribution in [0.3, 0.4) is 0 Å². The normalized spacial score (nSPS) is 15.7. The summed E-state index contributed by atoms with van der Waals surface area (Å²) in [5.74, 6) is 1.43. The van der Waals surface area contributed by atoms with E-state index in [1.165, 1.54) is 0 Å². The number of benzene rings is 1. The molecule has 0 aliphatic heterocycles. The molecule has 1 amide bonds. The zero-order valence-electron chi connectivity index (χ0n) is 18.0. The topological polar surface area (TPSA) is 74.8 Å². The van der Waals surface area contributed by atoms with E-state index >= 15 is 0 Å². The number of nitrogens with zero attached hydrogens (tertiary/aromatic N) is 1. The molecule has 1 aromatic carbocycles. The standard InChI is InChI=1S/C22H36N4O2/c1-16(11-12-22(2,3)4)25-21(23-5)24-14-17-7-6-8-19(13-17)28-15-20(27)26-18-9-10-18/h6-8,13,16,18H,9-12,14-15H2,1-5H3,(H,26,27)(H2,23,24,25). The van der Waals surface area contributed by atoms with Crippen molar-refractivity contribution in [1.29, 1.82) is 0 Å². The Morgan fingerprint density at radius 3 is 2.71 bits per heavy atom. The minimum atomic E-state index is -0.0557. The van der Waals surface area contributed by atoms with Crippen molar-refractivity contribution >= 4 is 11.9 Å². The van der Waals surface area contributed by atoms with Crippen molar-refractivity contribution in [2.24, 2.45) is 10.4 Å². The fourth-order valence-electron chi connectivity index (χ4n) is 2.73. The zero-order valence-corrected chi connectivity index (χ0v) is 18.0. The van der Waals surface area contributed by atoms with E-state index in [1.54, 1.807) is 7.05 Å². The second kappa shape index (κ2) is 10.3. The predicted molar refractivity (Wildman–Crippen MR) is 115 cm³/mol. The number of carbonyl (C=O) groups excluding carboxylic acids is 1. The highest BCUT2D eigenvalue weighted by molar-refractivity contribution is 5.80. The number of carbonyl (C=O) groups is 1. The van der Waals surface area contributed by atoms with Crippen LogP contribution in [0.25, 0.3) is 0 Å². The van der Waals surface area contributed by atoms with Crippen LogP contribution < -0.4 is 20.7 Å². The van der Waals surface area contributed by atoms with Gasteiger partial charge in [-0.1, -0.05) is 32.9 Å². The molecule has 28 heavy (non-hydrogen) atoms. The molecular weight excluding hydrogens is 352 g/mol. The van der Waals surface area contributed by atoms with Crippen molar-refractivity contribution in [3.8, 4) is 5.75 Å². The Kier molecular flexibility index (Phi) is 8.15. The largest absolute Gasteiger partial charge is 0.484 e. The lowest BCUT2D eigenvalue weighted by atomic mass is 9.89. The van der Waals surface area contributed by atoms with Crippen molar-refractivity contribution < 1.29 is 9.53 Å². The van der Waals surface area contributed by atoms with Gasteiger partial charge in [-0.25, -0.2) is 0 Å². The van der Waals surface area contributed by atoms with Gasteiger partial charge in [0, 0.05) is 25.7 Å². The van der Waals surface area contributed by atoms with Gasteiger partial charge in [-0.05, 0) is 55.7 Å². The van der Waals surface area contributed by atoms with E-state index in [1.807, 2.05) is 24.3 Å². The van der Waals surface area contributed by atoms with Gasteiger partial charge in [0.05, 0.1) is 0 Å². The lowest BCUT2D eigenvalue weighted by molar-refractivity contribution is -0.123. The first-order valence-corrected chi connectivity index (χ1v) is 10.2. The van der Waals surface area contributed by atoms with Crippen LogP contribution >= 0.6 is 0 Å². The van der Waals surface area contributed by atoms with Crippen LogP contribution in [0.4, 0.5) is 0 Å². The molecule has 6 heteroatoms. The summed E-state index contributed by atoms with van der Waals surface area (Å²) < 4.78 is 5.61. The molecule has 0 aromatic heterocycles. The number of rotatable bonds is 9. The summed E-state index contributed by atoms with van der Waals surface area (Å²) in [4.78, 5) is 16.1. The molecule has 1 aromatic rings. The number of hydrogen-bond donors (Lipinski definition) is 3. The fourth-order valence-corrected chi connectivity index (χ4v) is 2.73. The molecule has 1 atom stereocenters. The van der Waals surface area contributed by atoms with E-state index in [0.29, 0.717) is 29.8 Å². The number of hydrogen-bond acceptors (Lipinski definition) is 3. The maximum absolute atomic E-state index is 11.8. The van der Waals surface area contributed by atoms with Gasteiger partial charge < -0.3 is 20.7 Å². The van der Waals surface area contributed by atoms with Gasteiger partial charge in [-0.3, -0.25) is 9.79 Å². The summed E-state index contributed by atoms with van der Waals surface area (Å²) in [7, 11) is 1.78. The molecule has 0 heterocycles. The average molecular weight is 389 g/mol. The molecule has 0 radical (unpaired) electrons. The Hall–Kier alpha value is -2.24. The second-order valence-electron chi connectivity index (χ2n) is 8.85. The first-order valence-electron chi connectivity index (χ1n) is 10.2. The summed E-state index contributed by atoms with van der Waals surface area (Å²) in [5.41, 5.74) is 1.41. The van der Waals surface area contributed by atoms with Crippen molar-refractivity contribution in [1.82, 2.24) is 16.0 Å². The number of guanidine groups is 1. The van der Waals surface area contributed by atoms with E-state index in [0.717, 1.165) is 37.2 Å². The van der Waals surface area contributed by atoms with Crippen LogP contribution in [0.1, 0.15) is 58.9 Å². The molecule has 1 unspecified atom stereocenters. The van der Waals surface area contributed by atoms with Crippen LogP contribution in [0.15, 0.2) is 29.3 Å². The molecule has 3 N–H and O–H groups in total. The quantitative estimate of drug-likeness (QED) is 0.448. The summed E-state index contributed by atoms with van der Waals surface area (Å²) >= 11 is 0. The molecule has 1 fully saturated rings. The smallest absolute Gasteiger partial charge is 0.258 e. The van der Waals surface area contributed by atoms with Crippen LogP contribution in [-0.4, -0.2) is 37.6 Å². The minimum Gasteiger partial charge on any atom is -0.484 e. The predicted octanol–water partition coefficient (Wildman–Crippen LogP) is 3.22. The van der Waals surface area contributed by atoms with Gasteiger partial charge >= 0.3 is 0 Å². The van der Waals surface area contributed by atoms with Crippen molar-refractivity contribution in [3.63, 3.8) is 0 Å². The zero-order chi connectivity index (χ0) is 20.6. The van der Waals surface area contributed by atoms with Gasteiger partial charge in [0.15, 0.2) is 12.6 Å². The molecule has 6 nitrogen and oxygen atoms in total.